The van der Waals surface area contributed by atoms with Gasteiger partial charge < -0.3 is 10.7 Å². The molecule has 1 aliphatic rings. The topological polar surface area (TPSA) is 75.0 Å². The van der Waals surface area contributed by atoms with Gasteiger partial charge in [0.1, 0.15) is 10.7 Å². The molecule has 20 heavy (non-hydrogen) atoms. The number of hydrogen-bond donors (Lipinski definition) is 2. The summed E-state index contributed by atoms with van der Waals surface area (Å²) < 4.78 is 0. The molecule has 0 radical (unpaired) electrons. The largest absolute Gasteiger partial charge is 0.327 e. The molecule has 2 aromatic heterocycles. The van der Waals surface area contributed by atoms with Crippen molar-refractivity contribution in [2.24, 2.45) is 5.73 Å². The second-order valence-corrected chi connectivity index (χ2v) is 6.82. The van der Waals surface area contributed by atoms with Gasteiger partial charge in [-0.15, -0.1) is 11.3 Å². The van der Waals surface area contributed by atoms with Gasteiger partial charge in [0, 0.05) is 17.5 Å². The summed E-state index contributed by atoms with van der Waals surface area (Å²) in [5, 5.41) is 0.742. The van der Waals surface area contributed by atoms with Crippen molar-refractivity contribution in [3.63, 3.8) is 0 Å². The number of likely N-dealkylation sites (tertiary alicyclic amines) is 1. The number of aromatic amines is 1. The Bertz CT molecular complexity index is 690. The van der Waals surface area contributed by atoms with E-state index < -0.39 is 0 Å². The maximum absolute atomic E-state index is 12.2. The smallest absolute Gasteiger partial charge is 0.259 e. The second-order valence-electron chi connectivity index (χ2n) is 5.61. The van der Waals surface area contributed by atoms with E-state index in [1.54, 1.807) is 11.3 Å². The van der Waals surface area contributed by atoms with Crippen molar-refractivity contribution < 1.29 is 0 Å². The predicted molar refractivity (Wildman–Crippen MR) is 82.2 cm³/mol. The Morgan fingerprint density at radius 1 is 1.50 bits per heavy atom. The first-order valence-electron chi connectivity index (χ1n) is 7.01. The number of hydrogen-bond acceptors (Lipinski definition) is 5. The minimum atomic E-state index is -0.0202. The highest BCUT2D eigenvalue weighted by Crippen LogP contribution is 2.25. The summed E-state index contributed by atoms with van der Waals surface area (Å²) in [6.07, 6.45) is 2.20. The van der Waals surface area contributed by atoms with E-state index in [0.717, 1.165) is 52.4 Å². The van der Waals surface area contributed by atoms with E-state index in [2.05, 4.69) is 14.9 Å². The number of nitrogens with zero attached hydrogens (tertiary/aromatic N) is 2. The number of H-pyrrole nitrogens is 1. The Balaban J connectivity index is 1.91. The standard InChI is InChI=1S/C14H20N4OS/c1-8-9(2)20-14-12(8)13(19)16-11(17-14)7-18-5-3-4-10(15)6-18/h10H,3-7,15H2,1-2H3,(H,16,17,19). The molecule has 0 amide bonds. The van der Waals surface area contributed by atoms with Crippen molar-refractivity contribution in [1.29, 1.82) is 0 Å². The van der Waals surface area contributed by atoms with Gasteiger partial charge in [0.2, 0.25) is 0 Å². The molecule has 6 heteroatoms. The second kappa shape index (κ2) is 5.27. The van der Waals surface area contributed by atoms with Gasteiger partial charge in [0.25, 0.3) is 5.56 Å². The number of nitrogens with two attached hydrogens (primary N) is 1. The van der Waals surface area contributed by atoms with Crippen LogP contribution in [-0.2, 0) is 6.54 Å². The molecule has 1 unspecified atom stereocenters. The van der Waals surface area contributed by atoms with E-state index in [1.807, 2.05) is 13.8 Å². The van der Waals surface area contributed by atoms with Gasteiger partial charge in [-0.1, -0.05) is 0 Å². The number of fused-ring (bicyclic) bond motifs is 1. The van der Waals surface area contributed by atoms with Crippen LogP contribution < -0.4 is 11.3 Å². The van der Waals surface area contributed by atoms with Gasteiger partial charge in [0.15, 0.2) is 0 Å². The molecule has 0 spiro atoms. The summed E-state index contributed by atoms with van der Waals surface area (Å²) in [5.41, 5.74) is 7.02. The highest BCUT2D eigenvalue weighted by Gasteiger charge is 2.18. The Morgan fingerprint density at radius 3 is 3.05 bits per heavy atom. The quantitative estimate of drug-likeness (QED) is 0.880. The molecule has 3 N–H and O–H groups in total. The third kappa shape index (κ3) is 2.51. The molecule has 1 fully saturated rings. The monoisotopic (exact) mass is 292 g/mol. The van der Waals surface area contributed by atoms with Gasteiger partial charge >= 0.3 is 0 Å². The molecule has 1 atom stereocenters. The third-order valence-corrected chi connectivity index (χ3v) is 5.10. The molecule has 1 saturated heterocycles. The van der Waals surface area contributed by atoms with Crippen molar-refractivity contribution in [2.45, 2.75) is 39.3 Å². The number of piperidine rings is 1. The number of thiophene rings is 1. The molecule has 3 heterocycles. The maximum Gasteiger partial charge on any atom is 0.259 e. The summed E-state index contributed by atoms with van der Waals surface area (Å²) in [5.74, 6) is 0.748. The fourth-order valence-electron chi connectivity index (χ4n) is 2.82. The lowest BCUT2D eigenvalue weighted by Crippen LogP contribution is -2.42. The molecule has 108 valence electrons. The summed E-state index contributed by atoms with van der Waals surface area (Å²) >= 11 is 1.60. The minimum absolute atomic E-state index is 0.0202. The summed E-state index contributed by atoms with van der Waals surface area (Å²) in [6.45, 7) is 6.59. The van der Waals surface area contributed by atoms with Gasteiger partial charge in [-0.2, -0.15) is 0 Å². The summed E-state index contributed by atoms with van der Waals surface area (Å²) in [7, 11) is 0. The minimum Gasteiger partial charge on any atom is -0.327 e. The Labute approximate surface area is 121 Å². The number of aryl methyl sites for hydroxylation is 2. The van der Waals surface area contributed by atoms with Crippen LogP contribution >= 0.6 is 11.3 Å². The van der Waals surface area contributed by atoms with E-state index in [-0.39, 0.29) is 11.6 Å². The first-order valence-corrected chi connectivity index (χ1v) is 7.83. The molecular formula is C14H20N4OS. The number of aromatic nitrogens is 2. The molecule has 0 saturated carbocycles. The summed E-state index contributed by atoms with van der Waals surface area (Å²) in [4.78, 5) is 24.0. The third-order valence-electron chi connectivity index (χ3n) is 4.00. The van der Waals surface area contributed by atoms with Crippen LogP contribution in [0.5, 0.6) is 0 Å². The molecule has 1 aliphatic heterocycles. The zero-order valence-corrected chi connectivity index (χ0v) is 12.7. The van der Waals surface area contributed by atoms with Crippen molar-refractivity contribution in [1.82, 2.24) is 14.9 Å². The fraction of sp³-hybridized carbons (Fsp3) is 0.571. The van der Waals surface area contributed by atoms with E-state index in [1.165, 1.54) is 0 Å². The van der Waals surface area contributed by atoms with Gasteiger partial charge in [-0.3, -0.25) is 9.69 Å². The number of nitrogens with one attached hydrogen (secondary N) is 1. The lowest BCUT2D eigenvalue weighted by Gasteiger charge is -2.30. The van der Waals surface area contributed by atoms with Crippen molar-refractivity contribution >= 4 is 21.6 Å². The molecule has 0 aliphatic carbocycles. The van der Waals surface area contributed by atoms with Crippen LogP contribution in [0, 0.1) is 13.8 Å². The summed E-state index contributed by atoms with van der Waals surface area (Å²) in [6, 6.07) is 0.241. The highest BCUT2D eigenvalue weighted by molar-refractivity contribution is 7.18. The zero-order chi connectivity index (χ0) is 14.3. The van der Waals surface area contributed by atoms with Crippen LogP contribution in [0.25, 0.3) is 10.2 Å². The number of rotatable bonds is 2. The van der Waals surface area contributed by atoms with E-state index in [9.17, 15) is 4.79 Å². The Morgan fingerprint density at radius 2 is 2.30 bits per heavy atom. The van der Waals surface area contributed by atoms with Crippen molar-refractivity contribution in [3.05, 3.63) is 26.6 Å². The normalized spacial score (nSPS) is 20.6. The average Bonchev–Trinajstić information content (AvgIpc) is 2.65. The first kappa shape index (κ1) is 13.7. The SMILES string of the molecule is Cc1sc2nc(CN3CCCC(N)C3)[nH]c(=O)c2c1C. The first-order chi connectivity index (χ1) is 9.54. The zero-order valence-electron chi connectivity index (χ0n) is 11.9. The molecule has 2 aromatic rings. The van der Waals surface area contributed by atoms with E-state index in [0.29, 0.717) is 6.54 Å². The maximum atomic E-state index is 12.2. The predicted octanol–water partition coefficient (Wildman–Crippen LogP) is 1.52. The highest BCUT2D eigenvalue weighted by atomic mass is 32.1. The Hall–Kier alpha value is -1.24. The van der Waals surface area contributed by atoms with Crippen molar-refractivity contribution in [3.8, 4) is 0 Å². The van der Waals surface area contributed by atoms with Crippen LogP contribution in [0.1, 0.15) is 29.1 Å². The van der Waals surface area contributed by atoms with Crippen LogP contribution in [0.2, 0.25) is 0 Å². The molecule has 5 nitrogen and oxygen atoms in total. The van der Waals surface area contributed by atoms with E-state index in [4.69, 9.17) is 5.73 Å². The molecular weight excluding hydrogens is 272 g/mol. The average molecular weight is 292 g/mol. The fourth-order valence-corrected chi connectivity index (χ4v) is 3.87. The lowest BCUT2D eigenvalue weighted by molar-refractivity contribution is 0.197. The van der Waals surface area contributed by atoms with Gasteiger partial charge in [-0.05, 0) is 38.8 Å². The lowest BCUT2D eigenvalue weighted by atomic mass is 10.1. The molecule has 3 rings (SSSR count). The molecule has 0 bridgehead atoms. The van der Waals surface area contributed by atoms with Crippen LogP contribution in [0.4, 0.5) is 0 Å². The Kier molecular flexibility index (Phi) is 3.62. The van der Waals surface area contributed by atoms with Crippen LogP contribution in [-0.4, -0.2) is 34.0 Å². The van der Waals surface area contributed by atoms with Crippen LogP contribution in [0.3, 0.4) is 0 Å². The van der Waals surface area contributed by atoms with Gasteiger partial charge in [0.05, 0.1) is 11.9 Å². The van der Waals surface area contributed by atoms with Crippen molar-refractivity contribution in [2.75, 3.05) is 13.1 Å². The molecule has 0 aromatic carbocycles. The van der Waals surface area contributed by atoms with Crippen LogP contribution in [0.15, 0.2) is 4.79 Å². The van der Waals surface area contributed by atoms with E-state index >= 15 is 0 Å². The van der Waals surface area contributed by atoms with Gasteiger partial charge in [-0.25, -0.2) is 4.98 Å².